The smallest absolute Gasteiger partial charge is 0.220 e. The average Bonchev–Trinajstić information content (AvgIpc) is 3.17. The van der Waals surface area contributed by atoms with Crippen molar-refractivity contribution in [1.82, 2.24) is 20.3 Å². The number of carbonyl (C=O) groups is 1. The van der Waals surface area contributed by atoms with Crippen LogP contribution in [-0.4, -0.2) is 27.4 Å². The van der Waals surface area contributed by atoms with Crippen molar-refractivity contribution in [2.45, 2.75) is 25.3 Å². The first-order valence-corrected chi connectivity index (χ1v) is 9.01. The van der Waals surface area contributed by atoms with Crippen LogP contribution < -0.4 is 5.32 Å². The maximum Gasteiger partial charge on any atom is 0.220 e. The molecule has 0 fully saturated rings. The van der Waals surface area contributed by atoms with Gasteiger partial charge in [0.05, 0.1) is 6.20 Å². The van der Waals surface area contributed by atoms with Crippen LogP contribution in [0.3, 0.4) is 0 Å². The molecule has 0 aliphatic heterocycles. The Morgan fingerprint density at radius 2 is 1.92 bits per heavy atom. The molecule has 1 amide bonds. The van der Waals surface area contributed by atoms with Gasteiger partial charge in [-0.05, 0) is 29.7 Å². The first-order valence-electron chi connectivity index (χ1n) is 8.63. The number of amides is 1. The lowest BCUT2D eigenvalue weighted by molar-refractivity contribution is -0.121. The zero-order chi connectivity index (χ0) is 18.2. The monoisotopic (exact) mass is 368 g/mol. The number of hydrogen-bond acceptors (Lipinski definition) is 3. The normalized spacial score (nSPS) is 11.9. The maximum absolute atomic E-state index is 12.5. The minimum Gasteiger partial charge on any atom is -0.356 e. The van der Waals surface area contributed by atoms with Gasteiger partial charge in [-0.1, -0.05) is 59.3 Å². The molecule has 134 valence electrons. The lowest BCUT2D eigenvalue weighted by Crippen LogP contribution is -2.27. The number of halogens is 1. The van der Waals surface area contributed by atoms with Gasteiger partial charge in [0.1, 0.15) is 0 Å². The Kier molecular flexibility index (Phi) is 6.39. The molecule has 6 heteroatoms. The largest absolute Gasteiger partial charge is 0.356 e. The molecule has 26 heavy (non-hydrogen) atoms. The zero-order valence-electron chi connectivity index (χ0n) is 14.4. The molecule has 0 radical (unpaired) electrons. The van der Waals surface area contributed by atoms with E-state index in [0.717, 1.165) is 24.1 Å². The van der Waals surface area contributed by atoms with Crippen molar-refractivity contribution < 1.29 is 4.79 Å². The van der Waals surface area contributed by atoms with Gasteiger partial charge >= 0.3 is 0 Å². The van der Waals surface area contributed by atoms with Crippen molar-refractivity contribution in [3.8, 4) is 0 Å². The Bertz CT molecular complexity index is 821. The summed E-state index contributed by atoms with van der Waals surface area (Å²) in [5.41, 5.74) is 2.15. The highest BCUT2D eigenvalue weighted by atomic mass is 35.5. The number of benzene rings is 2. The van der Waals surface area contributed by atoms with E-state index in [1.807, 2.05) is 60.8 Å². The number of nitrogens with zero attached hydrogens (tertiary/aromatic N) is 3. The molecule has 1 aromatic heterocycles. The fourth-order valence-electron chi connectivity index (χ4n) is 2.92. The topological polar surface area (TPSA) is 59.8 Å². The summed E-state index contributed by atoms with van der Waals surface area (Å²) in [5.74, 6) is 0.00244. The summed E-state index contributed by atoms with van der Waals surface area (Å²) >= 11 is 6.15. The Balaban J connectivity index is 1.61. The van der Waals surface area contributed by atoms with Crippen LogP contribution in [0.4, 0.5) is 0 Å². The Hall–Kier alpha value is -2.66. The standard InChI is InChI=1S/C20H21ClN4O/c21-18-9-4-8-17(14-18)19(16-6-2-1-3-7-16)15-20(26)22-10-5-12-25-13-11-23-24-25/h1-4,6-9,11,13-14,19H,5,10,12,15H2,(H,22,26)/t19-/m0/s1. The molecule has 0 aliphatic carbocycles. The van der Waals surface area contributed by atoms with Gasteiger partial charge in [-0.2, -0.15) is 0 Å². The van der Waals surface area contributed by atoms with E-state index >= 15 is 0 Å². The van der Waals surface area contributed by atoms with Gasteiger partial charge in [-0.3, -0.25) is 9.48 Å². The maximum atomic E-state index is 12.5. The molecule has 2 aromatic carbocycles. The number of rotatable bonds is 8. The second kappa shape index (κ2) is 9.15. The molecule has 0 bridgehead atoms. The van der Waals surface area contributed by atoms with Gasteiger partial charge in [0, 0.05) is 36.6 Å². The van der Waals surface area contributed by atoms with Crippen LogP contribution in [0.1, 0.15) is 29.9 Å². The summed E-state index contributed by atoms with van der Waals surface area (Å²) in [6.45, 7) is 1.34. The molecular weight excluding hydrogens is 348 g/mol. The molecule has 1 N–H and O–H groups in total. The molecular formula is C20H21ClN4O. The third-order valence-electron chi connectivity index (χ3n) is 4.20. The minimum atomic E-state index is -0.0229. The van der Waals surface area contributed by atoms with Crippen LogP contribution in [0.5, 0.6) is 0 Å². The molecule has 0 aliphatic rings. The number of aryl methyl sites for hydroxylation is 1. The number of nitrogens with one attached hydrogen (secondary N) is 1. The third-order valence-corrected chi connectivity index (χ3v) is 4.44. The van der Waals surface area contributed by atoms with Crippen molar-refractivity contribution in [2.75, 3.05) is 6.54 Å². The van der Waals surface area contributed by atoms with Crippen molar-refractivity contribution >= 4 is 17.5 Å². The fraction of sp³-hybridized carbons (Fsp3) is 0.250. The lowest BCUT2D eigenvalue weighted by atomic mass is 9.88. The Morgan fingerprint density at radius 1 is 1.12 bits per heavy atom. The van der Waals surface area contributed by atoms with Gasteiger partial charge in [0.25, 0.3) is 0 Å². The molecule has 0 saturated heterocycles. The average molecular weight is 369 g/mol. The summed E-state index contributed by atoms with van der Waals surface area (Å²) in [6, 6.07) is 17.8. The molecule has 1 heterocycles. The van der Waals surface area contributed by atoms with Gasteiger partial charge < -0.3 is 5.32 Å². The van der Waals surface area contributed by atoms with Gasteiger partial charge in [0.2, 0.25) is 5.91 Å². The summed E-state index contributed by atoms with van der Waals surface area (Å²) in [7, 11) is 0. The van der Waals surface area contributed by atoms with Crippen LogP contribution in [0.15, 0.2) is 67.0 Å². The summed E-state index contributed by atoms with van der Waals surface area (Å²) < 4.78 is 1.75. The Labute approximate surface area is 158 Å². The highest BCUT2D eigenvalue weighted by molar-refractivity contribution is 6.30. The number of hydrogen-bond donors (Lipinski definition) is 1. The predicted molar refractivity (Wildman–Crippen MR) is 102 cm³/mol. The van der Waals surface area contributed by atoms with Crippen molar-refractivity contribution in [3.63, 3.8) is 0 Å². The van der Waals surface area contributed by atoms with Crippen molar-refractivity contribution in [1.29, 1.82) is 0 Å². The summed E-state index contributed by atoms with van der Waals surface area (Å²) in [4.78, 5) is 12.5. The number of carbonyl (C=O) groups excluding carboxylic acids is 1. The highest BCUT2D eigenvalue weighted by Crippen LogP contribution is 2.29. The SMILES string of the molecule is O=C(C[C@@H](c1ccccc1)c1cccc(Cl)c1)NCCCn1ccnn1. The zero-order valence-corrected chi connectivity index (χ0v) is 15.1. The van der Waals surface area contributed by atoms with Crippen molar-refractivity contribution in [2.24, 2.45) is 0 Å². The van der Waals surface area contributed by atoms with Crippen LogP contribution in [0, 0.1) is 0 Å². The molecule has 3 aromatic rings. The van der Waals surface area contributed by atoms with E-state index in [1.54, 1.807) is 10.9 Å². The summed E-state index contributed by atoms with van der Waals surface area (Å²) in [5, 5.41) is 11.3. The van der Waals surface area contributed by atoms with E-state index in [9.17, 15) is 4.79 Å². The van der Waals surface area contributed by atoms with Gasteiger partial charge in [-0.15, -0.1) is 5.10 Å². The predicted octanol–water partition coefficient (Wildman–Crippen LogP) is 3.66. The molecule has 0 saturated carbocycles. The van der Waals surface area contributed by atoms with Crippen LogP contribution in [0.2, 0.25) is 5.02 Å². The van der Waals surface area contributed by atoms with Crippen LogP contribution in [0.25, 0.3) is 0 Å². The quantitative estimate of drug-likeness (QED) is 0.617. The molecule has 5 nitrogen and oxygen atoms in total. The fourth-order valence-corrected chi connectivity index (χ4v) is 3.11. The second-order valence-corrected chi connectivity index (χ2v) is 6.53. The second-order valence-electron chi connectivity index (χ2n) is 6.09. The third kappa shape index (κ3) is 5.17. The first kappa shape index (κ1) is 18.1. The summed E-state index contributed by atoms with van der Waals surface area (Å²) in [6.07, 6.45) is 4.65. The van der Waals surface area contributed by atoms with Crippen molar-refractivity contribution in [3.05, 3.63) is 83.1 Å². The first-order chi connectivity index (χ1) is 12.7. The molecule has 0 unspecified atom stereocenters. The van der Waals surface area contributed by atoms with Crippen LogP contribution >= 0.6 is 11.6 Å². The number of aromatic nitrogens is 3. The van der Waals surface area contributed by atoms with Gasteiger partial charge in [-0.25, -0.2) is 0 Å². The highest BCUT2D eigenvalue weighted by Gasteiger charge is 2.18. The van der Waals surface area contributed by atoms with E-state index in [1.165, 1.54) is 0 Å². The lowest BCUT2D eigenvalue weighted by Gasteiger charge is -2.18. The van der Waals surface area contributed by atoms with E-state index in [0.29, 0.717) is 18.0 Å². The molecule has 0 spiro atoms. The van der Waals surface area contributed by atoms with E-state index in [4.69, 9.17) is 11.6 Å². The minimum absolute atomic E-state index is 0.0229. The van der Waals surface area contributed by atoms with Crippen LogP contribution in [-0.2, 0) is 11.3 Å². The molecule has 3 rings (SSSR count). The van der Waals surface area contributed by atoms with E-state index in [-0.39, 0.29) is 11.8 Å². The van der Waals surface area contributed by atoms with E-state index < -0.39 is 0 Å². The van der Waals surface area contributed by atoms with Gasteiger partial charge in [0.15, 0.2) is 0 Å². The van der Waals surface area contributed by atoms with E-state index in [2.05, 4.69) is 15.6 Å². The molecule has 1 atom stereocenters. The Morgan fingerprint density at radius 3 is 2.65 bits per heavy atom.